The van der Waals surface area contributed by atoms with Crippen molar-refractivity contribution in [2.75, 3.05) is 40.9 Å². The van der Waals surface area contributed by atoms with Crippen molar-refractivity contribution in [1.29, 1.82) is 0 Å². The van der Waals surface area contributed by atoms with Gasteiger partial charge in [-0.3, -0.25) is 0 Å². The number of fused-ring (bicyclic) bond motifs is 4. The Bertz CT molecular complexity index is 4770. The molecular weight excluding hydrogens is 1380 g/mol. The number of imidazole rings is 4. The van der Waals surface area contributed by atoms with Crippen molar-refractivity contribution in [2.24, 2.45) is 34.8 Å². The zero-order valence-electron chi connectivity index (χ0n) is 53.4. The number of nitrogens with two attached hydrogens (primary N) is 4. The lowest BCUT2D eigenvalue weighted by molar-refractivity contribution is 0.688. The van der Waals surface area contributed by atoms with Crippen molar-refractivity contribution >= 4 is 138 Å². The SMILES string of the molecule is CC(C)CNc1c(CN)c(-c2ccc(Cl)cc2Cl)cn2ccnc12.CCNc1c(CN)c(-c2ccc(Cl)cc2Cl)cn2ccnc12.NCc1c(-c2ccc(Cl)cc2Cl)cn2ccnc2c1NCC1CC1.NCc1c(-c2ccc(Cl)cc2Cl)cn2ccnc2c1NCc1ccccc1. The van der Waals surface area contributed by atoms with Gasteiger partial charge in [0.2, 0.25) is 0 Å². The van der Waals surface area contributed by atoms with E-state index in [9.17, 15) is 0 Å². The first-order chi connectivity index (χ1) is 47.0. The summed E-state index contributed by atoms with van der Waals surface area (Å²) < 4.78 is 7.95. The minimum atomic E-state index is 0.356. The molecule has 500 valence electrons. The van der Waals surface area contributed by atoms with E-state index in [2.05, 4.69) is 67.2 Å². The molecule has 1 saturated carbocycles. The zero-order chi connectivity index (χ0) is 68.4. The van der Waals surface area contributed by atoms with Crippen LogP contribution in [0.15, 0.2) is 177 Å². The Hall–Kier alpha value is -7.78. The fraction of sp³-hybridized carbons (Fsp3) is 0.205. The molecule has 0 amide bonds. The maximum atomic E-state index is 6.47. The van der Waals surface area contributed by atoms with E-state index in [1.54, 1.807) is 49.1 Å². The summed E-state index contributed by atoms with van der Waals surface area (Å²) in [6, 6.07) is 32.2. The molecular formula is C73H72Cl8N16. The number of pyridine rings is 4. The van der Waals surface area contributed by atoms with Gasteiger partial charge < -0.3 is 61.8 Å². The first-order valence-electron chi connectivity index (χ1n) is 31.6. The fourth-order valence-corrected chi connectivity index (χ4v) is 13.6. The molecule has 14 rings (SSSR count). The van der Waals surface area contributed by atoms with Crippen LogP contribution in [0.3, 0.4) is 0 Å². The Morgan fingerprint density at radius 3 is 1.03 bits per heavy atom. The highest BCUT2D eigenvalue weighted by Crippen LogP contribution is 2.42. The number of aromatic nitrogens is 8. The van der Waals surface area contributed by atoms with Crippen molar-refractivity contribution in [3.63, 3.8) is 0 Å². The van der Waals surface area contributed by atoms with E-state index in [1.807, 2.05) is 141 Å². The molecule has 16 nitrogen and oxygen atoms in total. The third-order valence-corrected chi connectivity index (χ3v) is 18.7. The van der Waals surface area contributed by atoms with E-state index in [1.165, 1.54) is 18.4 Å². The first-order valence-corrected chi connectivity index (χ1v) is 34.6. The van der Waals surface area contributed by atoms with Crippen molar-refractivity contribution in [2.45, 2.75) is 66.3 Å². The van der Waals surface area contributed by atoms with E-state index in [0.717, 1.165) is 138 Å². The Balaban J connectivity index is 0.000000131. The van der Waals surface area contributed by atoms with Gasteiger partial charge in [0.25, 0.3) is 0 Å². The van der Waals surface area contributed by atoms with E-state index < -0.39 is 0 Å². The van der Waals surface area contributed by atoms with Crippen LogP contribution in [0.25, 0.3) is 67.1 Å². The zero-order valence-corrected chi connectivity index (χ0v) is 59.4. The Kier molecular flexibility index (Phi) is 23.5. The van der Waals surface area contributed by atoms with Crippen LogP contribution in [0.5, 0.6) is 0 Å². The molecule has 13 aromatic rings. The van der Waals surface area contributed by atoms with Gasteiger partial charge in [0.05, 0.1) is 22.7 Å². The standard InChI is InChI=1S/C21H18Cl2N4.C18H18Cl2N4.C18H20Cl2N4.C16H16Cl2N4/c22-15-6-7-16(19(23)10-15)18-13-27-9-8-25-21(27)20(17(18)11-24)26-12-14-4-2-1-3-5-14;19-12-3-4-13(16(20)7-12)15-10-24-6-5-22-18(24)17(14(15)8-21)23-9-11-1-2-11;1-11(2)9-23-17-14(8-21)15(10-24-6-5-22-18(17)24)13-4-3-12(19)7-16(13)20;1-2-20-15-12(8-19)13(9-22-6-5-21-16(15)22)11-4-3-10(17)7-14(11)18/h1-10,13,26H,11-12,24H2;3-7,10-11,23H,1-2,8-9,21H2;3-7,10-11,23H,8-9,21H2,1-2H3;3-7,9,20H,2,8,19H2,1H3. The number of benzene rings is 5. The molecule has 0 bridgehead atoms. The summed E-state index contributed by atoms with van der Waals surface area (Å²) >= 11 is 49.9. The van der Waals surface area contributed by atoms with Gasteiger partial charge >= 0.3 is 0 Å². The number of halogens is 8. The molecule has 12 N–H and O–H groups in total. The predicted molar refractivity (Wildman–Crippen MR) is 407 cm³/mol. The molecule has 0 aliphatic heterocycles. The highest BCUT2D eigenvalue weighted by Gasteiger charge is 2.25. The second-order valence-electron chi connectivity index (χ2n) is 23.5. The van der Waals surface area contributed by atoms with Crippen molar-refractivity contribution in [3.8, 4) is 44.5 Å². The minimum Gasteiger partial charge on any atom is -0.382 e. The van der Waals surface area contributed by atoms with E-state index in [0.29, 0.717) is 78.8 Å². The van der Waals surface area contributed by atoms with Crippen LogP contribution in [-0.2, 0) is 32.7 Å². The summed E-state index contributed by atoms with van der Waals surface area (Å²) in [5.74, 6) is 1.27. The Morgan fingerprint density at radius 2 is 0.732 bits per heavy atom. The summed E-state index contributed by atoms with van der Waals surface area (Å²) in [6.07, 6.45) is 25.4. The second kappa shape index (κ2) is 32.3. The molecule has 0 saturated heterocycles. The van der Waals surface area contributed by atoms with Gasteiger partial charge in [0.15, 0.2) is 22.6 Å². The number of hydrogen-bond donors (Lipinski definition) is 8. The lowest BCUT2D eigenvalue weighted by Gasteiger charge is -2.18. The normalized spacial score (nSPS) is 12.0. The second-order valence-corrected chi connectivity index (χ2v) is 26.9. The fourth-order valence-electron chi connectivity index (χ4n) is 11.6. The van der Waals surface area contributed by atoms with Crippen LogP contribution >= 0.6 is 92.8 Å². The molecule has 0 radical (unpaired) electrons. The van der Waals surface area contributed by atoms with E-state index >= 15 is 0 Å². The predicted octanol–water partition coefficient (Wildman–Crippen LogP) is 19.0. The molecule has 1 fully saturated rings. The van der Waals surface area contributed by atoms with Gasteiger partial charge in [-0.1, -0.05) is 161 Å². The molecule has 24 heteroatoms. The van der Waals surface area contributed by atoms with Crippen LogP contribution in [0, 0.1) is 11.8 Å². The number of hydrogen-bond acceptors (Lipinski definition) is 12. The van der Waals surface area contributed by atoms with Gasteiger partial charge in [0.1, 0.15) is 0 Å². The molecule has 5 aromatic carbocycles. The lowest BCUT2D eigenvalue weighted by Crippen LogP contribution is -2.14. The average Bonchev–Trinajstić information content (AvgIpc) is 1.78. The molecule has 0 spiro atoms. The van der Waals surface area contributed by atoms with Crippen LogP contribution in [0.1, 0.15) is 61.4 Å². The number of anilines is 4. The first kappa shape index (κ1) is 70.5. The molecule has 97 heavy (non-hydrogen) atoms. The van der Waals surface area contributed by atoms with Crippen LogP contribution in [-0.4, -0.2) is 57.2 Å². The monoisotopic (exact) mass is 1450 g/mol. The van der Waals surface area contributed by atoms with Gasteiger partial charge in [-0.15, -0.1) is 0 Å². The van der Waals surface area contributed by atoms with Gasteiger partial charge in [0, 0.05) is 234 Å². The maximum absolute atomic E-state index is 6.47. The smallest absolute Gasteiger partial charge is 0.160 e. The lowest BCUT2D eigenvalue weighted by atomic mass is 10.00. The highest BCUT2D eigenvalue weighted by atomic mass is 35.5. The quantitative estimate of drug-likeness (QED) is 0.0379. The number of nitrogens with zero attached hydrogens (tertiary/aromatic N) is 8. The molecule has 8 aromatic heterocycles. The summed E-state index contributed by atoms with van der Waals surface area (Å²) in [5, 5.41) is 18.8. The van der Waals surface area contributed by atoms with Crippen molar-refractivity contribution in [3.05, 3.63) is 245 Å². The van der Waals surface area contributed by atoms with E-state index in [4.69, 9.17) is 116 Å². The van der Waals surface area contributed by atoms with Gasteiger partial charge in [-0.05, 0) is 85.7 Å². The van der Waals surface area contributed by atoms with Crippen LogP contribution < -0.4 is 44.2 Å². The summed E-state index contributed by atoms with van der Waals surface area (Å²) in [6.45, 7) is 11.2. The van der Waals surface area contributed by atoms with E-state index in [-0.39, 0.29) is 0 Å². The summed E-state index contributed by atoms with van der Waals surface area (Å²) in [4.78, 5) is 17.9. The van der Waals surface area contributed by atoms with Gasteiger partial charge in [-0.2, -0.15) is 0 Å². The number of nitrogens with one attached hydrogen (secondary N) is 4. The van der Waals surface area contributed by atoms with Crippen LogP contribution in [0.4, 0.5) is 22.7 Å². The van der Waals surface area contributed by atoms with Crippen molar-refractivity contribution < 1.29 is 0 Å². The summed E-state index contributed by atoms with van der Waals surface area (Å²) in [7, 11) is 0. The molecule has 8 heterocycles. The Labute approximate surface area is 603 Å². The van der Waals surface area contributed by atoms with Crippen molar-refractivity contribution in [1.82, 2.24) is 37.5 Å². The molecule has 1 aliphatic rings. The van der Waals surface area contributed by atoms with Gasteiger partial charge in [-0.25, -0.2) is 19.9 Å². The largest absolute Gasteiger partial charge is 0.382 e. The Morgan fingerprint density at radius 1 is 0.412 bits per heavy atom. The number of rotatable bonds is 19. The average molecular weight is 1460 g/mol. The topological polar surface area (TPSA) is 221 Å². The minimum absolute atomic E-state index is 0.356. The maximum Gasteiger partial charge on any atom is 0.160 e. The molecule has 0 unspecified atom stereocenters. The summed E-state index contributed by atoms with van der Waals surface area (Å²) in [5.41, 5.74) is 44.3. The van der Waals surface area contributed by atoms with Crippen LogP contribution in [0.2, 0.25) is 40.2 Å². The molecule has 0 atom stereocenters. The molecule has 1 aliphatic carbocycles. The highest BCUT2D eigenvalue weighted by molar-refractivity contribution is 6.38. The third-order valence-electron chi connectivity index (χ3n) is 16.5. The third kappa shape index (κ3) is 16.2.